The van der Waals surface area contributed by atoms with Gasteiger partial charge in [-0.05, 0) is 62.0 Å². The summed E-state index contributed by atoms with van der Waals surface area (Å²) in [4.78, 5) is 0. The summed E-state index contributed by atoms with van der Waals surface area (Å²) in [5, 5.41) is 8.52. The van der Waals surface area contributed by atoms with Gasteiger partial charge in [0.1, 0.15) is 0 Å². The molecule has 1 atom stereocenters. The van der Waals surface area contributed by atoms with Crippen molar-refractivity contribution >= 4 is 11.6 Å². The quantitative estimate of drug-likeness (QED) is 0.809. The lowest BCUT2D eigenvalue weighted by molar-refractivity contribution is 0.443. The Hall–Kier alpha value is -1.32. The Morgan fingerprint density at radius 2 is 2.00 bits per heavy atom. The number of hydrogen-bond donors (Lipinski definition) is 1. The highest BCUT2D eigenvalue weighted by atomic mass is 35.5. The average molecular weight is 306 g/mol. The maximum absolute atomic E-state index is 5.96. The summed E-state index contributed by atoms with van der Waals surface area (Å²) in [5.74, 6) is 0.626. The molecule has 3 nitrogen and oxygen atoms in total. The molecular formula is C17H24ClN3. The first kappa shape index (κ1) is 16.1. The second-order valence-electron chi connectivity index (χ2n) is 5.49. The molecule has 0 spiro atoms. The van der Waals surface area contributed by atoms with E-state index in [1.165, 1.54) is 11.3 Å². The van der Waals surface area contributed by atoms with Crippen LogP contribution < -0.4 is 5.32 Å². The van der Waals surface area contributed by atoms with Crippen molar-refractivity contribution < 1.29 is 0 Å². The van der Waals surface area contributed by atoms with Gasteiger partial charge in [0.25, 0.3) is 0 Å². The maximum Gasteiger partial charge on any atom is 0.0492 e. The van der Waals surface area contributed by atoms with E-state index in [1.807, 2.05) is 30.1 Å². The topological polar surface area (TPSA) is 29.9 Å². The molecule has 0 amide bonds. The first-order valence-electron chi connectivity index (χ1n) is 7.61. The van der Waals surface area contributed by atoms with E-state index < -0.39 is 0 Å². The van der Waals surface area contributed by atoms with Crippen molar-refractivity contribution in [1.29, 1.82) is 0 Å². The normalized spacial score (nSPS) is 12.5. The zero-order valence-electron chi connectivity index (χ0n) is 12.8. The number of halogens is 1. The molecule has 1 heterocycles. The van der Waals surface area contributed by atoms with Gasteiger partial charge in [-0.2, -0.15) is 5.10 Å². The van der Waals surface area contributed by atoms with Crippen LogP contribution in [-0.2, 0) is 19.9 Å². The van der Waals surface area contributed by atoms with Crippen molar-refractivity contribution in [2.24, 2.45) is 13.0 Å². The molecule has 0 fully saturated rings. The summed E-state index contributed by atoms with van der Waals surface area (Å²) in [6.45, 7) is 4.22. The van der Waals surface area contributed by atoms with E-state index in [2.05, 4.69) is 35.5 Å². The molecule has 1 aromatic carbocycles. The molecule has 0 aliphatic heterocycles. The fourth-order valence-corrected chi connectivity index (χ4v) is 2.70. The van der Waals surface area contributed by atoms with Crippen LogP contribution in [0.1, 0.15) is 24.6 Å². The number of hydrogen-bond acceptors (Lipinski definition) is 2. The number of aryl methyl sites for hydroxylation is 2. The summed E-state index contributed by atoms with van der Waals surface area (Å²) >= 11 is 5.96. The molecule has 0 bridgehead atoms. The van der Waals surface area contributed by atoms with Crippen molar-refractivity contribution in [3.8, 4) is 0 Å². The molecule has 0 saturated heterocycles. The summed E-state index contributed by atoms with van der Waals surface area (Å²) in [5.41, 5.74) is 2.65. The molecule has 21 heavy (non-hydrogen) atoms. The Bertz CT molecular complexity index is 533. The van der Waals surface area contributed by atoms with E-state index in [1.54, 1.807) is 0 Å². The van der Waals surface area contributed by atoms with Gasteiger partial charge in [0, 0.05) is 24.0 Å². The van der Waals surface area contributed by atoms with Crippen molar-refractivity contribution in [3.05, 3.63) is 52.8 Å². The third-order valence-electron chi connectivity index (χ3n) is 3.85. The lowest BCUT2D eigenvalue weighted by Crippen LogP contribution is -2.24. The Kier molecular flexibility index (Phi) is 6.27. The minimum atomic E-state index is 0.626. The van der Waals surface area contributed by atoms with Crippen LogP contribution in [0.2, 0.25) is 5.02 Å². The number of rotatable bonds is 8. The van der Waals surface area contributed by atoms with Crippen LogP contribution in [0.3, 0.4) is 0 Å². The zero-order chi connectivity index (χ0) is 15.1. The van der Waals surface area contributed by atoms with Gasteiger partial charge in [0.15, 0.2) is 0 Å². The third kappa shape index (κ3) is 5.18. The molecule has 0 radical (unpaired) electrons. The Morgan fingerprint density at radius 1 is 1.24 bits per heavy atom. The highest BCUT2D eigenvalue weighted by Crippen LogP contribution is 2.17. The smallest absolute Gasteiger partial charge is 0.0492 e. The van der Waals surface area contributed by atoms with Gasteiger partial charge < -0.3 is 5.32 Å². The minimum absolute atomic E-state index is 0.626. The summed E-state index contributed by atoms with van der Waals surface area (Å²) in [6.07, 6.45) is 5.19. The number of nitrogens with one attached hydrogen (secondary N) is 1. The minimum Gasteiger partial charge on any atom is -0.317 e. The fourth-order valence-electron chi connectivity index (χ4n) is 2.58. The first-order chi connectivity index (χ1) is 10.2. The molecule has 0 saturated carbocycles. The Morgan fingerprint density at radius 3 is 2.62 bits per heavy atom. The summed E-state index contributed by atoms with van der Waals surface area (Å²) in [7, 11) is 2.01. The Balaban J connectivity index is 1.93. The highest BCUT2D eigenvalue weighted by molar-refractivity contribution is 6.30. The molecule has 0 aliphatic rings. The van der Waals surface area contributed by atoms with Crippen LogP contribution >= 0.6 is 11.6 Å². The van der Waals surface area contributed by atoms with Crippen LogP contribution in [0, 0.1) is 5.92 Å². The number of nitrogens with zero attached hydrogens (tertiary/aromatic N) is 2. The molecule has 0 aliphatic carbocycles. The lowest BCUT2D eigenvalue weighted by Gasteiger charge is -2.17. The van der Waals surface area contributed by atoms with E-state index in [9.17, 15) is 0 Å². The average Bonchev–Trinajstić information content (AvgIpc) is 2.89. The van der Waals surface area contributed by atoms with Crippen molar-refractivity contribution in [2.75, 3.05) is 13.1 Å². The predicted octanol–water partition coefficient (Wildman–Crippen LogP) is 3.47. The molecule has 1 aromatic heterocycles. The predicted molar refractivity (Wildman–Crippen MR) is 88.7 cm³/mol. The molecule has 114 valence electrons. The van der Waals surface area contributed by atoms with Gasteiger partial charge in [0.05, 0.1) is 0 Å². The molecule has 2 rings (SSSR count). The summed E-state index contributed by atoms with van der Waals surface area (Å²) in [6, 6.07) is 10.3. The van der Waals surface area contributed by atoms with Crippen LogP contribution in [0.4, 0.5) is 0 Å². The molecule has 1 unspecified atom stereocenters. The van der Waals surface area contributed by atoms with Crippen molar-refractivity contribution in [2.45, 2.75) is 26.2 Å². The molecule has 4 heteroatoms. The number of aromatic nitrogens is 2. The van der Waals surface area contributed by atoms with Gasteiger partial charge in [-0.3, -0.25) is 4.68 Å². The number of benzene rings is 1. The van der Waals surface area contributed by atoms with Crippen LogP contribution in [0.5, 0.6) is 0 Å². The van der Waals surface area contributed by atoms with Crippen LogP contribution in [0.25, 0.3) is 0 Å². The SMILES string of the molecule is CCNCC(CCc1ccnn1C)Cc1ccc(Cl)cc1. The standard InChI is InChI=1S/C17H24ClN3/c1-3-19-13-15(6-9-17-10-11-20-21(17)2)12-14-4-7-16(18)8-5-14/h4-5,7-8,10-11,15,19H,3,6,9,12-13H2,1-2H3. The van der Waals surface area contributed by atoms with E-state index in [0.717, 1.165) is 37.4 Å². The zero-order valence-corrected chi connectivity index (χ0v) is 13.6. The van der Waals surface area contributed by atoms with Gasteiger partial charge in [-0.1, -0.05) is 30.7 Å². The molecular weight excluding hydrogens is 282 g/mol. The third-order valence-corrected chi connectivity index (χ3v) is 4.10. The van der Waals surface area contributed by atoms with Gasteiger partial charge in [-0.25, -0.2) is 0 Å². The summed E-state index contributed by atoms with van der Waals surface area (Å²) < 4.78 is 1.96. The van der Waals surface area contributed by atoms with E-state index in [-0.39, 0.29) is 0 Å². The monoisotopic (exact) mass is 305 g/mol. The maximum atomic E-state index is 5.96. The molecule has 2 aromatic rings. The fraction of sp³-hybridized carbons (Fsp3) is 0.471. The highest BCUT2D eigenvalue weighted by Gasteiger charge is 2.11. The first-order valence-corrected chi connectivity index (χ1v) is 7.99. The van der Waals surface area contributed by atoms with Gasteiger partial charge in [0.2, 0.25) is 0 Å². The molecule has 1 N–H and O–H groups in total. The van der Waals surface area contributed by atoms with Crippen molar-refractivity contribution in [3.63, 3.8) is 0 Å². The lowest BCUT2D eigenvalue weighted by atomic mass is 9.94. The van der Waals surface area contributed by atoms with E-state index in [0.29, 0.717) is 5.92 Å². The van der Waals surface area contributed by atoms with Crippen LogP contribution in [0.15, 0.2) is 36.5 Å². The van der Waals surface area contributed by atoms with Crippen LogP contribution in [-0.4, -0.2) is 22.9 Å². The second kappa shape index (κ2) is 8.20. The van der Waals surface area contributed by atoms with Crippen molar-refractivity contribution in [1.82, 2.24) is 15.1 Å². The van der Waals surface area contributed by atoms with Gasteiger partial charge in [-0.15, -0.1) is 0 Å². The second-order valence-corrected chi connectivity index (χ2v) is 5.93. The van der Waals surface area contributed by atoms with Gasteiger partial charge >= 0.3 is 0 Å². The van der Waals surface area contributed by atoms with E-state index in [4.69, 9.17) is 11.6 Å². The largest absolute Gasteiger partial charge is 0.317 e. The Labute approximate surface area is 132 Å². The van der Waals surface area contributed by atoms with E-state index >= 15 is 0 Å².